The molecular formula is C18H17BrO3. The standard InChI is InChI=1S/C18H17BrO3/c1-21-16-10-9-15(12-17(16)22-2)18(20)14-7-5-13(6-8-14)4-3-11-19/h3-10,12H,11H2,1-2H3/b4-3+. The predicted molar refractivity (Wildman–Crippen MR) is 92.2 cm³/mol. The van der Waals surface area contributed by atoms with E-state index in [4.69, 9.17) is 9.47 Å². The second-order valence-corrected chi connectivity index (χ2v) is 5.23. The lowest BCUT2D eigenvalue weighted by atomic mass is 10.0. The summed E-state index contributed by atoms with van der Waals surface area (Å²) in [5, 5.41) is 0.805. The molecule has 22 heavy (non-hydrogen) atoms. The zero-order chi connectivity index (χ0) is 15.9. The van der Waals surface area contributed by atoms with Crippen LogP contribution in [-0.2, 0) is 0 Å². The van der Waals surface area contributed by atoms with Crippen molar-refractivity contribution >= 4 is 27.8 Å². The summed E-state index contributed by atoms with van der Waals surface area (Å²) < 4.78 is 10.4. The molecule has 0 atom stereocenters. The molecule has 2 rings (SSSR count). The van der Waals surface area contributed by atoms with Crippen molar-refractivity contribution in [1.29, 1.82) is 0 Å². The molecule has 0 saturated heterocycles. The van der Waals surface area contributed by atoms with Gasteiger partial charge >= 0.3 is 0 Å². The van der Waals surface area contributed by atoms with E-state index < -0.39 is 0 Å². The zero-order valence-corrected chi connectivity index (χ0v) is 14.1. The molecule has 114 valence electrons. The summed E-state index contributed by atoms with van der Waals surface area (Å²) in [4.78, 5) is 12.5. The Kier molecular flexibility index (Phi) is 5.78. The third-order valence-electron chi connectivity index (χ3n) is 3.22. The Morgan fingerprint density at radius 2 is 1.64 bits per heavy atom. The molecule has 0 saturated carbocycles. The summed E-state index contributed by atoms with van der Waals surface area (Å²) in [6.45, 7) is 0. The number of benzene rings is 2. The number of carbonyl (C=O) groups is 1. The second-order valence-electron chi connectivity index (χ2n) is 4.58. The van der Waals surface area contributed by atoms with E-state index in [2.05, 4.69) is 15.9 Å². The summed E-state index contributed by atoms with van der Waals surface area (Å²) in [5.41, 5.74) is 2.27. The van der Waals surface area contributed by atoms with Gasteiger partial charge in [0.05, 0.1) is 14.2 Å². The van der Waals surface area contributed by atoms with Gasteiger partial charge in [-0.15, -0.1) is 0 Å². The highest BCUT2D eigenvalue weighted by Crippen LogP contribution is 2.28. The molecule has 2 aromatic rings. The average molecular weight is 361 g/mol. The van der Waals surface area contributed by atoms with Gasteiger partial charge in [-0.1, -0.05) is 52.3 Å². The molecule has 4 heteroatoms. The smallest absolute Gasteiger partial charge is 0.193 e. The molecule has 0 aliphatic carbocycles. The van der Waals surface area contributed by atoms with Crippen molar-refractivity contribution in [1.82, 2.24) is 0 Å². The molecule has 0 aromatic heterocycles. The SMILES string of the molecule is COc1ccc(C(=O)c2ccc(/C=C/CBr)cc2)cc1OC. The van der Waals surface area contributed by atoms with Crippen molar-refractivity contribution in [3.63, 3.8) is 0 Å². The van der Waals surface area contributed by atoms with E-state index in [9.17, 15) is 4.79 Å². The fourth-order valence-corrected chi connectivity index (χ4v) is 2.26. The van der Waals surface area contributed by atoms with Crippen LogP contribution in [0.2, 0.25) is 0 Å². The number of halogens is 1. The molecule has 2 aromatic carbocycles. The molecule has 0 heterocycles. The molecule has 0 N–H and O–H groups in total. The largest absolute Gasteiger partial charge is 0.493 e. The predicted octanol–water partition coefficient (Wildman–Crippen LogP) is 4.34. The van der Waals surface area contributed by atoms with Crippen LogP contribution in [0.5, 0.6) is 11.5 Å². The van der Waals surface area contributed by atoms with E-state index in [-0.39, 0.29) is 5.78 Å². The Bertz CT molecular complexity index is 675. The van der Waals surface area contributed by atoms with Crippen molar-refractivity contribution < 1.29 is 14.3 Å². The number of methoxy groups -OCH3 is 2. The van der Waals surface area contributed by atoms with Gasteiger partial charge in [0.2, 0.25) is 0 Å². The molecule has 0 spiro atoms. The van der Waals surface area contributed by atoms with Gasteiger partial charge in [0.15, 0.2) is 17.3 Å². The lowest BCUT2D eigenvalue weighted by Crippen LogP contribution is -2.02. The number of hydrogen-bond acceptors (Lipinski definition) is 3. The molecule has 0 aliphatic heterocycles. The summed E-state index contributed by atoms with van der Waals surface area (Å²) in [6, 6.07) is 12.7. The molecule has 0 fully saturated rings. The number of allylic oxidation sites excluding steroid dienone is 1. The highest BCUT2D eigenvalue weighted by molar-refractivity contribution is 9.09. The number of rotatable bonds is 6. The maximum Gasteiger partial charge on any atom is 0.193 e. The Morgan fingerprint density at radius 3 is 2.23 bits per heavy atom. The minimum Gasteiger partial charge on any atom is -0.493 e. The maximum atomic E-state index is 12.5. The minimum absolute atomic E-state index is 0.0445. The first-order chi connectivity index (χ1) is 10.7. The Labute approximate surface area is 138 Å². The van der Waals surface area contributed by atoms with Gasteiger partial charge in [0.1, 0.15) is 0 Å². The van der Waals surface area contributed by atoms with E-state index in [0.29, 0.717) is 22.6 Å². The first-order valence-corrected chi connectivity index (χ1v) is 7.91. The topological polar surface area (TPSA) is 35.5 Å². The van der Waals surface area contributed by atoms with Gasteiger partial charge in [-0.2, -0.15) is 0 Å². The first-order valence-electron chi connectivity index (χ1n) is 6.79. The summed E-state index contributed by atoms with van der Waals surface area (Å²) in [6.07, 6.45) is 4.00. The van der Waals surface area contributed by atoms with Crippen LogP contribution in [0, 0.1) is 0 Å². The molecule has 0 unspecified atom stereocenters. The number of carbonyl (C=O) groups excluding carboxylic acids is 1. The minimum atomic E-state index is -0.0445. The fourth-order valence-electron chi connectivity index (χ4n) is 2.07. The van der Waals surface area contributed by atoms with E-state index >= 15 is 0 Å². The average Bonchev–Trinajstić information content (AvgIpc) is 2.59. The van der Waals surface area contributed by atoms with Crippen LogP contribution >= 0.6 is 15.9 Å². The molecule has 0 bridgehead atoms. The zero-order valence-electron chi connectivity index (χ0n) is 12.5. The number of hydrogen-bond donors (Lipinski definition) is 0. The molecule has 0 aliphatic rings. The van der Waals surface area contributed by atoms with Crippen LogP contribution in [-0.4, -0.2) is 25.3 Å². The van der Waals surface area contributed by atoms with E-state index in [1.807, 2.05) is 36.4 Å². The number of ketones is 1. The van der Waals surface area contributed by atoms with Gasteiger partial charge in [-0.3, -0.25) is 4.79 Å². The van der Waals surface area contributed by atoms with Crippen molar-refractivity contribution in [3.05, 3.63) is 65.2 Å². The van der Waals surface area contributed by atoms with E-state index in [0.717, 1.165) is 10.9 Å². The summed E-state index contributed by atoms with van der Waals surface area (Å²) in [7, 11) is 3.12. The van der Waals surface area contributed by atoms with Crippen LogP contribution < -0.4 is 9.47 Å². The van der Waals surface area contributed by atoms with E-state index in [1.54, 1.807) is 32.4 Å². The molecule has 3 nitrogen and oxygen atoms in total. The Balaban J connectivity index is 2.26. The summed E-state index contributed by atoms with van der Waals surface area (Å²) >= 11 is 3.34. The second kappa shape index (κ2) is 7.80. The van der Waals surface area contributed by atoms with Gasteiger partial charge in [-0.05, 0) is 23.8 Å². The van der Waals surface area contributed by atoms with Gasteiger partial charge in [0, 0.05) is 16.5 Å². The Morgan fingerprint density at radius 1 is 1.00 bits per heavy atom. The van der Waals surface area contributed by atoms with Gasteiger partial charge < -0.3 is 9.47 Å². The molecular weight excluding hydrogens is 344 g/mol. The highest BCUT2D eigenvalue weighted by Gasteiger charge is 2.12. The van der Waals surface area contributed by atoms with Gasteiger partial charge in [0.25, 0.3) is 0 Å². The van der Waals surface area contributed by atoms with Crippen molar-refractivity contribution in [2.75, 3.05) is 19.5 Å². The Hall–Kier alpha value is -2.07. The lowest BCUT2D eigenvalue weighted by molar-refractivity contribution is 0.103. The highest BCUT2D eigenvalue weighted by atomic mass is 79.9. The fraction of sp³-hybridized carbons (Fsp3) is 0.167. The normalized spacial score (nSPS) is 10.7. The third kappa shape index (κ3) is 3.77. The number of alkyl halides is 1. The van der Waals surface area contributed by atoms with Crippen molar-refractivity contribution in [3.8, 4) is 11.5 Å². The van der Waals surface area contributed by atoms with Crippen LogP contribution in [0.15, 0.2) is 48.5 Å². The van der Waals surface area contributed by atoms with Crippen LogP contribution in [0.3, 0.4) is 0 Å². The van der Waals surface area contributed by atoms with Crippen molar-refractivity contribution in [2.45, 2.75) is 0 Å². The summed E-state index contributed by atoms with van der Waals surface area (Å²) in [5.74, 6) is 1.11. The van der Waals surface area contributed by atoms with Crippen LogP contribution in [0.1, 0.15) is 21.5 Å². The molecule has 0 amide bonds. The van der Waals surface area contributed by atoms with Crippen LogP contribution in [0.25, 0.3) is 6.08 Å². The third-order valence-corrected chi connectivity index (χ3v) is 3.59. The van der Waals surface area contributed by atoms with E-state index in [1.165, 1.54) is 0 Å². The van der Waals surface area contributed by atoms with Gasteiger partial charge in [-0.25, -0.2) is 0 Å². The number of ether oxygens (including phenoxy) is 2. The molecule has 0 radical (unpaired) electrons. The first kappa shape index (κ1) is 16.3. The quantitative estimate of drug-likeness (QED) is 0.567. The lowest BCUT2D eigenvalue weighted by Gasteiger charge is -2.09. The maximum absolute atomic E-state index is 12.5. The monoisotopic (exact) mass is 360 g/mol. The van der Waals surface area contributed by atoms with Crippen LogP contribution in [0.4, 0.5) is 0 Å². The van der Waals surface area contributed by atoms with Crippen molar-refractivity contribution in [2.24, 2.45) is 0 Å².